The molecule has 8 heteroatoms. The number of benzene rings is 2. The monoisotopic (exact) mass is 394 g/mol. The van der Waals surface area contributed by atoms with Gasteiger partial charge in [-0.2, -0.15) is 0 Å². The van der Waals surface area contributed by atoms with Crippen LogP contribution in [0.4, 0.5) is 10.8 Å². The first-order chi connectivity index (χ1) is 13.6. The van der Waals surface area contributed by atoms with E-state index in [0.717, 1.165) is 23.4 Å². The summed E-state index contributed by atoms with van der Waals surface area (Å²) < 4.78 is 5.15. The SMILES string of the molecule is COc1ccc(-c2nnc(NC(=O)c3cccc(N4CCCC4=O)c3)s2)cc1. The molecule has 28 heavy (non-hydrogen) atoms. The number of nitrogens with one attached hydrogen (secondary N) is 1. The number of rotatable bonds is 5. The van der Waals surface area contributed by atoms with Gasteiger partial charge in [0.2, 0.25) is 11.0 Å². The summed E-state index contributed by atoms with van der Waals surface area (Å²) in [6.45, 7) is 0.686. The van der Waals surface area contributed by atoms with E-state index in [1.165, 1.54) is 11.3 Å². The average Bonchev–Trinajstić information content (AvgIpc) is 3.37. The zero-order valence-corrected chi connectivity index (χ0v) is 16.0. The van der Waals surface area contributed by atoms with E-state index in [1.54, 1.807) is 30.2 Å². The molecule has 1 aliphatic heterocycles. The molecule has 0 unspecified atom stereocenters. The van der Waals surface area contributed by atoms with Crippen molar-refractivity contribution in [3.63, 3.8) is 0 Å². The quantitative estimate of drug-likeness (QED) is 0.715. The van der Waals surface area contributed by atoms with Gasteiger partial charge in [-0.25, -0.2) is 0 Å². The summed E-state index contributed by atoms with van der Waals surface area (Å²) in [6, 6.07) is 14.5. The highest BCUT2D eigenvalue weighted by molar-refractivity contribution is 7.18. The van der Waals surface area contributed by atoms with Crippen LogP contribution in [0.25, 0.3) is 10.6 Å². The fourth-order valence-electron chi connectivity index (χ4n) is 3.03. The van der Waals surface area contributed by atoms with E-state index in [4.69, 9.17) is 4.74 Å². The van der Waals surface area contributed by atoms with Crippen LogP contribution in [0.15, 0.2) is 48.5 Å². The number of nitrogens with zero attached hydrogens (tertiary/aromatic N) is 3. The van der Waals surface area contributed by atoms with Gasteiger partial charge in [0, 0.05) is 29.8 Å². The molecule has 0 bridgehead atoms. The molecular weight excluding hydrogens is 376 g/mol. The Morgan fingerprint density at radius 1 is 1.18 bits per heavy atom. The summed E-state index contributed by atoms with van der Waals surface area (Å²) in [5.41, 5.74) is 2.11. The number of hydrogen-bond acceptors (Lipinski definition) is 6. The summed E-state index contributed by atoms with van der Waals surface area (Å²) in [7, 11) is 1.61. The van der Waals surface area contributed by atoms with Gasteiger partial charge in [0.15, 0.2) is 0 Å². The topological polar surface area (TPSA) is 84.4 Å². The van der Waals surface area contributed by atoms with E-state index in [-0.39, 0.29) is 11.8 Å². The molecule has 1 N–H and O–H groups in total. The van der Waals surface area contributed by atoms with Crippen LogP contribution in [0.2, 0.25) is 0 Å². The van der Waals surface area contributed by atoms with E-state index < -0.39 is 0 Å². The summed E-state index contributed by atoms with van der Waals surface area (Å²) >= 11 is 1.29. The second kappa shape index (κ2) is 7.77. The normalized spacial score (nSPS) is 13.6. The molecule has 1 aromatic heterocycles. The Kier molecular flexibility index (Phi) is 5.03. The third-order valence-corrected chi connectivity index (χ3v) is 5.36. The first-order valence-corrected chi connectivity index (χ1v) is 9.65. The Morgan fingerprint density at radius 3 is 2.71 bits per heavy atom. The van der Waals surface area contributed by atoms with Crippen molar-refractivity contribution in [2.45, 2.75) is 12.8 Å². The molecule has 142 valence electrons. The van der Waals surface area contributed by atoms with E-state index in [1.807, 2.05) is 30.3 Å². The average molecular weight is 394 g/mol. The van der Waals surface area contributed by atoms with Crippen LogP contribution < -0.4 is 15.0 Å². The third-order valence-electron chi connectivity index (χ3n) is 4.48. The number of hydrogen-bond donors (Lipinski definition) is 1. The maximum absolute atomic E-state index is 12.6. The Morgan fingerprint density at radius 2 is 2.00 bits per heavy atom. The fourth-order valence-corrected chi connectivity index (χ4v) is 3.77. The molecule has 0 aliphatic carbocycles. The molecule has 4 rings (SSSR count). The highest BCUT2D eigenvalue weighted by Gasteiger charge is 2.22. The fraction of sp³-hybridized carbons (Fsp3) is 0.200. The number of aromatic nitrogens is 2. The van der Waals surface area contributed by atoms with Gasteiger partial charge < -0.3 is 9.64 Å². The van der Waals surface area contributed by atoms with Crippen molar-refractivity contribution in [2.24, 2.45) is 0 Å². The minimum atomic E-state index is -0.286. The lowest BCUT2D eigenvalue weighted by atomic mass is 10.2. The first-order valence-electron chi connectivity index (χ1n) is 8.84. The van der Waals surface area contributed by atoms with Gasteiger partial charge in [0.1, 0.15) is 10.8 Å². The standard InChI is InChI=1S/C20H18N4O3S/c1-27-16-9-7-13(8-10-16)19-22-23-20(28-19)21-18(26)14-4-2-5-15(12-14)24-11-3-6-17(24)25/h2,4-5,7-10,12H,3,6,11H2,1H3,(H,21,23,26). The first kappa shape index (κ1) is 18.1. The predicted molar refractivity (Wildman–Crippen MR) is 108 cm³/mol. The van der Waals surface area contributed by atoms with Crippen molar-refractivity contribution in [1.29, 1.82) is 0 Å². The number of carbonyl (C=O) groups is 2. The van der Waals surface area contributed by atoms with Crippen molar-refractivity contribution in [1.82, 2.24) is 10.2 Å². The summed E-state index contributed by atoms with van der Waals surface area (Å²) in [5.74, 6) is 0.565. The Hall–Kier alpha value is -3.26. The number of anilines is 2. The molecule has 0 saturated carbocycles. The summed E-state index contributed by atoms with van der Waals surface area (Å²) in [5, 5.41) is 12.1. The molecular formula is C20H18N4O3S. The van der Waals surface area contributed by atoms with Crippen molar-refractivity contribution >= 4 is 34.0 Å². The van der Waals surface area contributed by atoms with E-state index in [2.05, 4.69) is 15.5 Å². The third kappa shape index (κ3) is 3.72. The van der Waals surface area contributed by atoms with Crippen LogP contribution in [0.5, 0.6) is 5.75 Å². The molecule has 2 aromatic carbocycles. The smallest absolute Gasteiger partial charge is 0.257 e. The van der Waals surface area contributed by atoms with Crippen LogP contribution in [-0.4, -0.2) is 35.7 Å². The maximum atomic E-state index is 12.6. The number of carbonyl (C=O) groups excluding carboxylic acids is 2. The second-order valence-corrected chi connectivity index (χ2v) is 7.27. The van der Waals surface area contributed by atoms with E-state index >= 15 is 0 Å². The van der Waals surface area contributed by atoms with Crippen molar-refractivity contribution in [3.05, 3.63) is 54.1 Å². The summed E-state index contributed by atoms with van der Waals surface area (Å²) in [6.07, 6.45) is 1.39. The Balaban J connectivity index is 1.48. The minimum Gasteiger partial charge on any atom is -0.497 e. The molecule has 0 spiro atoms. The molecule has 1 fully saturated rings. The molecule has 1 saturated heterocycles. The number of amides is 2. The van der Waals surface area contributed by atoms with Crippen LogP contribution in [0, 0.1) is 0 Å². The molecule has 0 atom stereocenters. The van der Waals surface area contributed by atoms with Crippen LogP contribution >= 0.6 is 11.3 Å². The Labute approximate surface area is 166 Å². The lowest BCUT2D eigenvalue weighted by molar-refractivity contribution is -0.117. The van der Waals surface area contributed by atoms with Crippen LogP contribution in [-0.2, 0) is 4.79 Å². The molecule has 7 nitrogen and oxygen atoms in total. The van der Waals surface area contributed by atoms with E-state index in [0.29, 0.717) is 28.7 Å². The van der Waals surface area contributed by atoms with Crippen molar-refractivity contribution < 1.29 is 14.3 Å². The van der Waals surface area contributed by atoms with Gasteiger partial charge in [-0.1, -0.05) is 17.4 Å². The van der Waals surface area contributed by atoms with Gasteiger partial charge in [0.05, 0.1) is 7.11 Å². The van der Waals surface area contributed by atoms with Gasteiger partial charge >= 0.3 is 0 Å². The van der Waals surface area contributed by atoms with Crippen molar-refractivity contribution in [2.75, 3.05) is 23.9 Å². The molecule has 1 aliphatic rings. The van der Waals surface area contributed by atoms with Gasteiger partial charge in [-0.15, -0.1) is 10.2 Å². The highest BCUT2D eigenvalue weighted by Crippen LogP contribution is 2.28. The highest BCUT2D eigenvalue weighted by atomic mass is 32.1. The Bertz CT molecular complexity index is 1020. The molecule has 3 aromatic rings. The lowest BCUT2D eigenvalue weighted by Crippen LogP contribution is -2.24. The number of ether oxygens (including phenoxy) is 1. The van der Waals surface area contributed by atoms with E-state index in [9.17, 15) is 9.59 Å². The van der Waals surface area contributed by atoms with Crippen LogP contribution in [0.1, 0.15) is 23.2 Å². The van der Waals surface area contributed by atoms with Gasteiger partial charge in [-0.05, 0) is 48.9 Å². The molecule has 2 heterocycles. The predicted octanol–water partition coefficient (Wildman–Crippen LogP) is 3.59. The largest absolute Gasteiger partial charge is 0.497 e. The van der Waals surface area contributed by atoms with Crippen LogP contribution in [0.3, 0.4) is 0 Å². The summed E-state index contributed by atoms with van der Waals surface area (Å²) in [4.78, 5) is 26.2. The van der Waals surface area contributed by atoms with Gasteiger partial charge in [-0.3, -0.25) is 14.9 Å². The molecule has 2 amide bonds. The zero-order chi connectivity index (χ0) is 19.5. The van der Waals surface area contributed by atoms with Gasteiger partial charge in [0.25, 0.3) is 5.91 Å². The zero-order valence-electron chi connectivity index (χ0n) is 15.2. The lowest BCUT2D eigenvalue weighted by Gasteiger charge is -2.16. The maximum Gasteiger partial charge on any atom is 0.257 e. The van der Waals surface area contributed by atoms with Crippen molar-refractivity contribution in [3.8, 4) is 16.3 Å². The number of methoxy groups -OCH3 is 1. The molecule has 0 radical (unpaired) electrons. The second-order valence-electron chi connectivity index (χ2n) is 6.29. The minimum absolute atomic E-state index is 0.0887.